The maximum absolute atomic E-state index is 12.7. The van der Waals surface area contributed by atoms with Crippen LogP contribution in [0.3, 0.4) is 0 Å². The molecule has 2 N–H and O–H groups in total. The third-order valence-corrected chi connectivity index (χ3v) is 4.01. The van der Waals surface area contributed by atoms with Crippen LogP contribution >= 0.6 is 11.6 Å². The number of nitrogens with one attached hydrogen (secondary N) is 1. The average Bonchev–Trinajstić information content (AvgIpc) is 2.30. The van der Waals surface area contributed by atoms with Crippen LogP contribution in [0.4, 0.5) is 8.78 Å². The van der Waals surface area contributed by atoms with Gasteiger partial charge < -0.3 is 5.11 Å². The van der Waals surface area contributed by atoms with Crippen molar-refractivity contribution in [3.05, 3.63) is 28.8 Å². The van der Waals surface area contributed by atoms with E-state index < -0.39 is 29.1 Å². The first-order chi connectivity index (χ1) is 8.18. The fraction of sp³-hybridized carbons (Fsp3) is 0.400. The summed E-state index contributed by atoms with van der Waals surface area (Å²) in [5.41, 5.74) is 0.677. The molecule has 0 fully saturated rings. The molecule has 1 aromatic carbocycles. The summed E-state index contributed by atoms with van der Waals surface area (Å²) in [4.78, 5) is -0.202. The topological polar surface area (TPSA) is 66.4 Å². The minimum atomic E-state index is -4.07. The molecule has 8 heteroatoms. The fourth-order valence-electron chi connectivity index (χ4n) is 1.08. The molecule has 0 amide bonds. The molecule has 0 spiro atoms. The van der Waals surface area contributed by atoms with E-state index in [9.17, 15) is 17.2 Å². The van der Waals surface area contributed by atoms with Crippen molar-refractivity contribution in [2.75, 3.05) is 13.2 Å². The number of aliphatic hydroxyl groups is 1. The zero-order chi connectivity index (χ0) is 14.0. The molecular weight excluding hydrogens is 288 g/mol. The van der Waals surface area contributed by atoms with Gasteiger partial charge in [-0.25, -0.2) is 21.9 Å². The van der Waals surface area contributed by atoms with E-state index in [1.165, 1.54) is 18.2 Å². The Hall–Kier alpha value is -0.760. The van der Waals surface area contributed by atoms with Crippen LogP contribution in [0.1, 0.15) is 5.56 Å². The van der Waals surface area contributed by atoms with Gasteiger partial charge in [-0.15, -0.1) is 0 Å². The average molecular weight is 300 g/mol. The molecule has 0 saturated heterocycles. The van der Waals surface area contributed by atoms with Crippen molar-refractivity contribution in [1.82, 2.24) is 4.72 Å². The van der Waals surface area contributed by atoms with Crippen molar-refractivity contribution >= 4 is 21.6 Å². The Labute approximate surface area is 109 Å². The van der Waals surface area contributed by atoms with Crippen molar-refractivity contribution in [3.63, 3.8) is 0 Å². The lowest BCUT2D eigenvalue weighted by molar-refractivity contribution is -0.0437. The highest BCUT2D eigenvalue weighted by Crippen LogP contribution is 2.20. The van der Waals surface area contributed by atoms with Gasteiger partial charge >= 0.3 is 0 Å². The van der Waals surface area contributed by atoms with Gasteiger partial charge in [0, 0.05) is 5.02 Å². The third-order valence-electron chi connectivity index (χ3n) is 2.21. The molecule has 4 nitrogen and oxygen atoms in total. The summed E-state index contributed by atoms with van der Waals surface area (Å²) in [6, 6.07) is 3.91. The molecule has 0 heterocycles. The van der Waals surface area contributed by atoms with Gasteiger partial charge in [0.1, 0.15) is 6.61 Å². The number of rotatable bonds is 5. The number of hydrogen-bond acceptors (Lipinski definition) is 3. The highest BCUT2D eigenvalue weighted by Gasteiger charge is 2.30. The summed E-state index contributed by atoms with van der Waals surface area (Å²) < 4.78 is 50.5. The van der Waals surface area contributed by atoms with E-state index in [2.05, 4.69) is 0 Å². The summed E-state index contributed by atoms with van der Waals surface area (Å²) in [5, 5.41) is 8.56. The lowest BCUT2D eigenvalue weighted by Crippen LogP contribution is -2.38. The van der Waals surface area contributed by atoms with Crippen molar-refractivity contribution in [2.24, 2.45) is 0 Å². The zero-order valence-corrected chi connectivity index (χ0v) is 11.0. The maximum Gasteiger partial charge on any atom is 0.283 e. The van der Waals surface area contributed by atoms with E-state index in [0.29, 0.717) is 5.56 Å². The monoisotopic (exact) mass is 299 g/mol. The molecular formula is C10H12ClF2NO3S. The lowest BCUT2D eigenvalue weighted by atomic mass is 10.2. The summed E-state index contributed by atoms with van der Waals surface area (Å²) >= 11 is 5.76. The van der Waals surface area contributed by atoms with Crippen LogP contribution in [-0.4, -0.2) is 32.6 Å². The van der Waals surface area contributed by atoms with Crippen LogP contribution in [0.25, 0.3) is 0 Å². The Balaban J connectivity index is 2.90. The summed E-state index contributed by atoms with van der Waals surface area (Å²) in [6.07, 6.45) is 0. The molecule has 0 aliphatic carbocycles. The molecule has 18 heavy (non-hydrogen) atoms. The molecule has 1 rings (SSSR count). The van der Waals surface area contributed by atoms with E-state index in [1.807, 2.05) is 0 Å². The molecule has 102 valence electrons. The fourth-order valence-corrected chi connectivity index (χ4v) is 2.41. The largest absolute Gasteiger partial charge is 0.390 e. The van der Waals surface area contributed by atoms with Gasteiger partial charge in [-0.2, -0.15) is 0 Å². The van der Waals surface area contributed by atoms with E-state index in [0.717, 1.165) is 0 Å². The smallest absolute Gasteiger partial charge is 0.283 e. The lowest BCUT2D eigenvalue weighted by Gasteiger charge is -2.14. The minimum absolute atomic E-state index is 0.202. The first-order valence-corrected chi connectivity index (χ1v) is 6.78. The van der Waals surface area contributed by atoms with Crippen LogP contribution < -0.4 is 4.72 Å². The quantitative estimate of drug-likeness (QED) is 0.867. The van der Waals surface area contributed by atoms with E-state index in [1.54, 1.807) is 11.6 Å². The highest BCUT2D eigenvalue weighted by molar-refractivity contribution is 7.89. The Bertz CT molecular complexity index is 534. The second kappa shape index (κ2) is 5.48. The third kappa shape index (κ3) is 3.88. The summed E-state index contributed by atoms with van der Waals surface area (Å²) in [5.74, 6) is -3.50. The zero-order valence-electron chi connectivity index (χ0n) is 9.45. The molecule has 0 unspecified atom stereocenters. The van der Waals surface area contributed by atoms with E-state index >= 15 is 0 Å². The predicted octanol–water partition coefficient (Wildman–Crippen LogP) is 1.55. The number of halogens is 3. The van der Waals surface area contributed by atoms with Gasteiger partial charge in [0.15, 0.2) is 0 Å². The number of alkyl halides is 2. The van der Waals surface area contributed by atoms with Crippen LogP contribution in [0.15, 0.2) is 23.1 Å². The van der Waals surface area contributed by atoms with Crippen LogP contribution in [0, 0.1) is 6.92 Å². The Morgan fingerprint density at radius 3 is 2.56 bits per heavy atom. The molecule has 0 aliphatic heterocycles. The molecule has 0 saturated carbocycles. The Morgan fingerprint density at radius 2 is 2.06 bits per heavy atom. The normalized spacial score (nSPS) is 12.7. The first kappa shape index (κ1) is 15.3. The number of hydrogen-bond donors (Lipinski definition) is 2. The number of aliphatic hydroxyl groups excluding tert-OH is 1. The predicted molar refractivity (Wildman–Crippen MR) is 63.4 cm³/mol. The van der Waals surface area contributed by atoms with Crippen LogP contribution in [-0.2, 0) is 10.0 Å². The Morgan fingerprint density at radius 1 is 1.44 bits per heavy atom. The van der Waals surface area contributed by atoms with Crippen molar-refractivity contribution in [1.29, 1.82) is 0 Å². The first-order valence-electron chi connectivity index (χ1n) is 4.92. The van der Waals surface area contributed by atoms with Gasteiger partial charge in [-0.3, -0.25) is 0 Å². The van der Waals surface area contributed by atoms with Gasteiger partial charge in [0.05, 0.1) is 11.4 Å². The van der Waals surface area contributed by atoms with Crippen molar-refractivity contribution in [2.45, 2.75) is 17.7 Å². The second-order valence-electron chi connectivity index (χ2n) is 3.75. The summed E-state index contributed by atoms with van der Waals surface area (Å²) in [7, 11) is -4.07. The van der Waals surface area contributed by atoms with Gasteiger partial charge in [-0.05, 0) is 24.6 Å². The van der Waals surface area contributed by atoms with Crippen LogP contribution in [0.2, 0.25) is 5.02 Å². The van der Waals surface area contributed by atoms with Crippen molar-refractivity contribution < 1.29 is 22.3 Å². The molecule has 0 aromatic heterocycles. The number of benzene rings is 1. The van der Waals surface area contributed by atoms with Crippen LogP contribution in [0.5, 0.6) is 0 Å². The van der Waals surface area contributed by atoms with Crippen molar-refractivity contribution in [3.8, 4) is 0 Å². The van der Waals surface area contributed by atoms with Gasteiger partial charge in [0.25, 0.3) is 5.92 Å². The summed E-state index contributed by atoms with van der Waals surface area (Å²) in [6.45, 7) is -0.909. The SMILES string of the molecule is Cc1ccc(S(=O)(=O)NCC(F)(F)CO)cc1Cl. The highest BCUT2D eigenvalue weighted by atomic mass is 35.5. The Kier molecular flexibility index (Phi) is 4.66. The molecule has 0 radical (unpaired) electrons. The second-order valence-corrected chi connectivity index (χ2v) is 5.92. The molecule has 0 atom stereocenters. The molecule has 1 aromatic rings. The minimum Gasteiger partial charge on any atom is -0.390 e. The molecule has 0 aliphatic rings. The number of sulfonamides is 1. The van der Waals surface area contributed by atoms with Gasteiger partial charge in [0.2, 0.25) is 10.0 Å². The molecule has 0 bridgehead atoms. The van der Waals surface area contributed by atoms with Gasteiger partial charge in [-0.1, -0.05) is 17.7 Å². The number of aryl methyl sites for hydroxylation is 1. The standard InChI is InChI=1S/C10H12ClF2NO3S/c1-7-2-3-8(4-9(7)11)18(16,17)14-5-10(12,13)6-15/h2-4,14-15H,5-6H2,1H3. The van der Waals surface area contributed by atoms with E-state index in [-0.39, 0.29) is 9.92 Å². The maximum atomic E-state index is 12.7. The van der Waals surface area contributed by atoms with E-state index in [4.69, 9.17) is 16.7 Å².